The van der Waals surface area contributed by atoms with Crippen molar-refractivity contribution in [3.8, 4) is 0 Å². The fraction of sp³-hybridized carbons (Fsp3) is 0.240. The van der Waals surface area contributed by atoms with Gasteiger partial charge in [0.15, 0.2) is 5.78 Å². The minimum atomic E-state index is -3.98. The van der Waals surface area contributed by atoms with E-state index in [1.165, 1.54) is 15.6 Å². The van der Waals surface area contributed by atoms with Crippen molar-refractivity contribution in [1.29, 1.82) is 0 Å². The lowest BCUT2D eigenvalue weighted by atomic mass is 9.89. The van der Waals surface area contributed by atoms with Crippen LogP contribution in [0.5, 0.6) is 0 Å². The summed E-state index contributed by atoms with van der Waals surface area (Å²) in [6.45, 7) is 3.76. The molecule has 1 aliphatic heterocycles. The van der Waals surface area contributed by atoms with Gasteiger partial charge in [0.1, 0.15) is 6.04 Å². The highest BCUT2D eigenvalue weighted by Crippen LogP contribution is 2.48. The van der Waals surface area contributed by atoms with Crippen molar-refractivity contribution in [2.45, 2.75) is 44.0 Å². The number of carbonyl (C=O) groups is 1. The van der Waals surface area contributed by atoms with Crippen LogP contribution >= 0.6 is 11.3 Å². The molecule has 1 aliphatic carbocycles. The van der Waals surface area contributed by atoms with Gasteiger partial charge in [-0.2, -0.15) is 0 Å². The van der Waals surface area contributed by atoms with E-state index in [0.29, 0.717) is 35.4 Å². The Morgan fingerprint density at radius 3 is 2.59 bits per heavy atom. The Labute approximate surface area is 192 Å². The van der Waals surface area contributed by atoms with Gasteiger partial charge in [-0.1, -0.05) is 35.9 Å². The first-order valence-corrected chi connectivity index (χ1v) is 13.0. The fourth-order valence-electron chi connectivity index (χ4n) is 4.67. The second-order valence-electron chi connectivity index (χ2n) is 8.30. The molecule has 0 bridgehead atoms. The summed E-state index contributed by atoms with van der Waals surface area (Å²) >= 11 is 1.47. The number of allylic oxidation sites excluding steroid dienone is 1. The topological polar surface area (TPSA) is 66.5 Å². The number of Topliss-reactive ketones (excluding diaryl/α,β-unsaturated/α-hetero) is 1. The van der Waals surface area contributed by atoms with E-state index in [0.717, 1.165) is 22.6 Å². The minimum Gasteiger partial charge on any atom is -0.357 e. The van der Waals surface area contributed by atoms with Crippen LogP contribution in [0.1, 0.15) is 41.3 Å². The number of para-hydroxylation sites is 2. The number of nitrogens with zero attached hydrogens (tertiary/aromatic N) is 1. The summed E-state index contributed by atoms with van der Waals surface area (Å²) < 4.78 is 30.0. The molecule has 1 aromatic heterocycles. The first-order chi connectivity index (χ1) is 15.4. The molecule has 1 N–H and O–H groups in total. The van der Waals surface area contributed by atoms with Crippen LogP contribution in [-0.4, -0.2) is 14.2 Å². The first-order valence-electron chi connectivity index (χ1n) is 10.7. The highest BCUT2D eigenvalue weighted by atomic mass is 32.2. The summed E-state index contributed by atoms with van der Waals surface area (Å²) in [7, 11) is -3.98. The van der Waals surface area contributed by atoms with E-state index in [1.54, 1.807) is 6.07 Å². The summed E-state index contributed by atoms with van der Waals surface area (Å²) in [5.74, 6) is 0.00536. The molecule has 164 valence electrons. The Bertz CT molecular complexity index is 1340. The van der Waals surface area contributed by atoms with E-state index < -0.39 is 16.1 Å². The number of sulfonamides is 1. The maximum Gasteiger partial charge on any atom is 0.265 e. The molecule has 1 atom stereocenters. The van der Waals surface area contributed by atoms with Crippen molar-refractivity contribution in [2.75, 3.05) is 9.62 Å². The zero-order chi connectivity index (χ0) is 22.5. The van der Waals surface area contributed by atoms with Gasteiger partial charge in [0.05, 0.1) is 16.3 Å². The van der Waals surface area contributed by atoms with Gasteiger partial charge in [0, 0.05) is 22.6 Å². The molecule has 0 amide bonds. The predicted molar refractivity (Wildman–Crippen MR) is 129 cm³/mol. The number of carbonyl (C=O) groups excluding carboxylic acids is 1. The number of hydrogen-bond acceptors (Lipinski definition) is 5. The minimum absolute atomic E-state index is 0.00536. The van der Waals surface area contributed by atoms with Crippen LogP contribution in [0.15, 0.2) is 76.1 Å². The van der Waals surface area contributed by atoms with Crippen LogP contribution in [-0.2, 0) is 14.8 Å². The quantitative estimate of drug-likeness (QED) is 0.537. The summed E-state index contributed by atoms with van der Waals surface area (Å²) in [6, 6.07) is 15.9. The monoisotopic (exact) mass is 464 g/mol. The Kier molecular flexibility index (Phi) is 5.18. The molecular formula is C25H24N2O3S2. The average molecular weight is 465 g/mol. The smallest absolute Gasteiger partial charge is 0.265 e. The predicted octanol–water partition coefficient (Wildman–Crippen LogP) is 5.73. The Balaban J connectivity index is 1.83. The van der Waals surface area contributed by atoms with Crippen LogP contribution in [0.2, 0.25) is 0 Å². The molecule has 32 heavy (non-hydrogen) atoms. The highest BCUT2D eigenvalue weighted by molar-refractivity contribution is 7.93. The lowest BCUT2D eigenvalue weighted by Crippen LogP contribution is -2.38. The van der Waals surface area contributed by atoms with Crippen LogP contribution in [0, 0.1) is 13.8 Å². The maximum atomic E-state index is 14.3. The zero-order valence-corrected chi connectivity index (χ0v) is 19.6. The summed E-state index contributed by atoms with van der Waals surface area (Å²) in [6.07, 6.45) is 1.90. The van der Waals surface area contributed by atoms with E-state index in [2.05, 4.69) is 5.32 Å². The average Bonchev–Trinajstić information content (AvgIpc) is 3.22. The molecule has 2 heterocycles. The second-order valence-corrected chi connectivity index (χ2v) is 11.1. The SMILES string of the molecule is Cc1ccc(S(=O)(=O)N2c3ccccc3NC3=C(C(=O)CCC3)[C@@H]2c2cccs2)c(C)c1. The number of hydrogen-bond donors (Lipinski definition) is 1. The summed E-state index contributed by atoms with van der Waals surface area (Å²) in [4.78, 5) is 14.3. The van der Waals surface area contributed by atoms with E-state index >= 15 is 0 Å². The number of nitrogens with one attached hydrogen (secondary N) is 1. The number of aryl methyl sites for hydroxylation is 2. The third-order valence-corrected chi connectivity index (χ3v) is 8.94. The Hall–Kier alpha value is -2.90. The molecule has 2 aliphatic rings. The largest absolute Gasteiger partial charge is 0.357 e. The van der Waals surface area contributed by atoms with E-state index in [-0.39, 0.29) is 10.7 Å². The molecule has 0 saturated carbocycles. The van der Waals surface area contributed by atoms with Gasteiger partial charge in [0.2, 0.25) is 0 Å². The third kappa shape index (κ3) is 3.36. The Morgan fingerprint density at radius 2 is 1.84 bits per heavy atom. The maximum absolute atomic E-state index is 14.3. The van der Waals surface area contributed by atoms with Crippen molar-refractivity contribution < 1.29 is 13.2 Å². The first kappa shape index (κ1) is 21.0. The van der Waals surface area contributed by atoms with Crippen LogP contribution in [0.4, 0.5) is 11.4 Å². The van der Waals surface area contributed by atoms with Crippen molar-refractivity contribution >= 4 is 38.5 Å². The number of ketones is 1. The second kappa shape index (κ2) is 7.90. The van der Waals surface area contributed by atoms with Crippen LogP contribution in [0.25, 0.3) is 0 Å². The number of benzene rings is 2. The zero-order valence-electron chi connectivity index (χ0n) is 18.0. The number of fused-ring (bicyclic) bond motifs is 1. The molecular weight excluding hydrogens is 440 g/mol. The van der Waals surface area contributed by atoms with Gasteiger partial charge < -0.3 is 5.32 Å². The molecule has 5 nitrogen and oxygen atoms in total. The molecule has 0 radical (unpaired) electrons. The molecule has 0 unspecified atom stereocenters. The number of thiophene rings is 1. The molecule has 0 saturated heterocycles. The van der Waals surface area contributed by atoms with Gasteiger partial charge >= 0.3 is 0 Å². The van der Waals surface area contributed by atoms with Gasteiger partial charge in [-0.15, -0.1) is 11.3 Å². The highest BCUT2D eigenvalue weighted by Gasteiger charge is 2.43. The number of anilines is 2. The molecule has 0 spiro atoms. The van der Waals surface area contributed by atoms with Crippen molar-refractivity contribution in [3.63, 3.8) is 0 Å². The van der Waals surface area contributed by atoms with E-state index in [9.17, 15) is 13.2 Å². The molecule has 7 heteroatoms. The van der Waals surface area contributed by atoms with Crippen molar-refractivity contribution in [1.82, 2.24) is 0 Å². The standard InChI is InChI=1S/C25H24N2O3S2/c1-16-12-13-23(17(2)15-16)32(29,30)27-20-9-4-3-7-18(20)26-19-8-5-10-21(28)24(19)25(27)22-11-6-14-31-22/h3-4,6-7,9,11-15,25-26H,5,8,10H2,1-2H3/t25-/m0/s1. The van der Waals surface area contributed by atoms with Crippen LogP contribution < -0.4 is 9.62 Å². The molecule has 3 aromatic rings. The molecule has 2 aromatic carbocycles. The Morgan fingerprint density at radius 1 is 1.03 bits per heavy atom. The lowest BCUT2D eigenvalue weighted by molar-refractivity contribution is -0.116. The van der Waals surface area contributed by atoms with Gasteiger partial charge in [-0.25, -0.2) is 8.42 Å². The summed E-state index contributed by atoms with van der Waals surface area (Å²) in [5, 5.41) is 5.34. The molecule has 0 fully saturated rings. The van der Waals surface area contributed by atoms with Crippen LogP contribution in [0.3, 0.4) is 0 Å². The van der Waals surface area contributed by atoms with Gasteiger partial charge in [-0.3, -0.25) is 9.10 Å². The third-order valence-electron chi connectivity index (χ3n) is 6.07. The normalized spacial score (nSPS) is 18.6. The lowest BCUT2D eigenvalue weighted by Gasteiger charge is -2.34. The van der Waals surface area contributed by atoms with Gasteiger partial charge in [0.25, 0.3) is 10.0 Å². The fourth-order valence-corrected chi connectivity index (χ4v) is 7.39. The molecule has 5 rings (SSSR count). The summed E-state index contributed by atoms with van der Waals surface area (Å²) in [5.41, 5.74) is 4.32. The van der Waals surface area contributed by atoms with E-state index in [1.807, 2.05) is 67.8 Å². The van der Waals surface area contributed by atoms with Crippen molar-refractivity contribution in [2.24, 2.45) is 0 Å². The van der Waals surface area contributed by atoms with Gasteiger partial charge in [-0.05, 0) is 61.9 Å². The van der Waals surface area contributed by atoms with Crippen molar-refractivity contribution in [3.05, 3.63) is 87.3 Å². The van der Waals surface area contributed by atoms with E-state index in [4.69, 9.17) is 0 Å². The number of rotatable bonds is 3.